The van der Waals surface area contributed by atoms with Gasteiger partial charge in [0.05, 0.1) is 12.3 Å². The van der Waals surface area contributed by atoms with Gasteiger partial charge in [-0.05, 0) is 23.8 Å². The molecule has 0 spiro atoms. The van der Waals surface area contributed by atoms with E-state index in [9.17, 15) is 26.7 Å². The van der Waals surface area contributed by atoms with Crippen LogP contribution in [-0.4, -0.2) is 22.9 Å². The van der Waals surface area contributed by atoms with Gasteiger partial charge in [-0.1, -0.05) is 24.3 Å². The summed E-state index contributed by atoms with van der Waals surface area (Å²) in [6.07, 6.45) is -4.83. The van der Waals surface area contributed by atoms with Crippen molar-refractivity contribution in [2.24, 2.45) is 0 Å². The second-order valence-corrected chi connectivity index (χ2v) is 6.59. The van der Waals surface area contributed by atoms with Gasteiger partial charge in [-0.3, -0.25) is 4.79 Å². The van der Waals surface area contributed by atoms with E-state index >= 15 is 0 Å². The molecule has 0 aliphatic carbocycles. The van der Waals surface area contributed by atoms with Gasteiger partial charge < -0.3 is 9.64 Å². The fourth-order valence-electron chi connectivity index (χ4n) is 2.62. The maximum Gasteiger partial charge on any atom is 0.573 e. The second kappa shape index (κ2) is 7.14. The number of ether oxygens (including phenoxy) is 1. The van der Waals surface area contributed by atoms with Crippen molar-refractivity contribution in [3.8, 4) is 5.75 Å². The molecule has 0 saturated carbocycles. The van der Waals surface area contributed by atoms with E-state index in [0.29, 0.717) is 5.56 Å². The fraction of sp³-hybridized carbons (Fsp3) is 0.235. The Morgan fingerprint density at radius 1 is 1.15 bits per heavy atom. The molecule has 1 saturated heterocycles. The minimum atomic E-state index is -4.83. The van der Waals surface area contributed by atoms with Crippen LogP contribution in [0.1, 0.15) is 16.5 Å². The Morgan fingerprint density at radius 3 is 2.62 bits per heavy atom. The SMILES string of the molecule is O=C1CSC(c2cccc(OC(F)(F)F)c2)N1Cc1cccc(F)c1F. The number of carbonyl (C=O) groups excluding carboxylic acids is 1. The first-order valence-corrected chi connectivity index (χ1v) is 8.49. The summed E-state index contributed by atoms with van der Waals surface area (Å²) >= 11 is 1.19. The van der Waals surface area contributed by atoms with Gasteiger partial charge in [-0.25, -0.2) is 8.78 Å². The Morgan fingerprint density at radius 2 is 1.88 bits per heavy atom. The maximum absolute atomic E-state index is 13.9. The van der Waals surface area contributed by atoms with Crippen LogP contribution in [0, 0.1) is 11.6 Å². The molecule has 26 heavy (non-hydrogen) atoms. The highest BCUT2D eigenvalue weighted by atomic mass is 32.2. The van der Waals surface area contributed by atoms with Crippen molar-refractivity contribution in [1.29, 1.82) is 0 Å². The van der Waals surface area contributed by atoms with E-state index in [4.69, 9.17) is 0 Å². The standard InChI is InChI=1S/C17H12F5NO2S/c18-13-6-2-4-11(15(13)19)8-23-14(24)9-26-16(23)10-3-1-5-12(7-10)25-17(20,21)22/h1-7,16H,8-9H2. The van der Waals surface area contributed by atoms with Crippen LogP contribution in [0.2, 0.25) is 0 Å². The molecule has 9 heteroatoms. The van der Waals surface area contributed by atoms with Crippen molar-refractivity contribution in [2.45, 2.75) is 18.3 Å². The summed E-state index contributed by atoms with van der Waals surface area (Å²) in [4.78, 5) is 13.5. The molecule has 0 aromatic heterocycles. The number of rotatable bonds is 4. The number of benzene rings is 2. The van der Waals surface area contributed by atoms with Crippen LogP contribution in [0.25, 0.3) is 0 Å². The summed E-state index contributed by atoms with van der Waals surface area (Å²) in [6, 6.07) is 8.90. The molecule has 3 nitrogen and oxygen atoms in total. The van der Waals surface area contributed by atoms with E-state index in [1.165, 1.54) is 40.9 Å². The van der Waals surface area contributed by atoms with Gasteiger partial charge in [0, 0.05) is 5.56 Å². The van der Waals surface area contributed by atoms with Crippen LogP contribution in [0.3, 0.4) is 0 Å². The predicted molar refractivity (Wildman–Crippen MR) is 85.2 cm³/mol. The summed E-state index contributed by atoms with van der Waals surface area (Å²) in [6.45, 7) is -0.190. The topological polar surface area (TPSA) is 29.5 Å². The molecule has 1 aliphatic heterocycles. The van der Waals surface area contributed by atoms with E-state index in [2.05, 4.69) is 4.74 Å². The van der Waals surface area contributed by atoms with Crippen LogP contribution in [0.15, 0.2) is 42.5 Å². The van der Waals surface area contributed by atoms with E-state index in [0.717, 1.165) is 12.1 Å². The lowest BCUT2D eigenvalue weighted by Gasteiger charge is -2.25. The minimum absolute atomic E-state index is 0.00598. The average Bonchev–Trinajstić information content (AvgIpc) is 2.91. The first-order valence-electron chi connectivity index (χ1n) is 7.44. The number of carbonyl (C=O) groups is 1. The lowest BCUT2D eigenvalue weighted by Crippen LogP contribution is -2.28. The van der Waals surface area contributed by atoms with Crippen molar-refractivity contribution in [2.75, 3.05) is 5.75 Å². The first-order chi connectivity index (χ1) is 12.2. The molecular weight excluding hydrogens is 377 g/mol. The Labute approximate surface area is 149 Å². The van der Waals surface area contributed by atoms with Gasteiger partial charge in [0.25, 0.3) is 0 Å². The van der Waals surface area contributed by atoms with Crippen molar-refractivity contribution in [3.05, 3.63) is 65.2 Å². The second-order valence-electron chi connectivity index (χ2n) is 5.52. The number of amides is 1. The summed E-state index contributed by atoms with van der Waals surface area (Å²) in [5.41, 5.74) is 0.396. The summed E-state index contributed by atoms with van der Waals surface area (Å²) in [5, 5.41) is -0.623. The lowest BCUT2D eigenvalue weighted by molar-refractivity contribution is -0.274. The molecule has 1 atom stereocenters. The maximum atomic E-state index is 13.9. The molecule has 1 fully saturated rings. The molecule has 3 rings (SSSR count). The monoisotopic (exact) mass is 389 g/mol. The highest BCUT2D eigenvalue weighted by Gasteiger charge is 2.35. The molecule has 0 bridgehead atoms. The Bertz CT molecular complexity index is 827. The molecule has 1 amide bonds. The number of hydrogen-bond acceptors (Lipinski definition) is 3. The minimum Gasteiger partial charge on any atom is -0.406 e. The van der Waals surface area contributed by atoms with Gasteiger partial charge >= 0.3 is 6.36 Å². The molecule has 1 heterocycles. The zero-order chi connectivity index (χ0) is 18.9. The van der Waals surface area contributed by atoms with E-state index in [1.54, 1.807) is 6.07 Å². The number of hydrogen-bond donors (Lipinski definition) is 0. The molecular formula is C17H12F5NO2S. The van der Waals surface area contributed by atoms with E-state index in [1.807, 2.05) is 0 Å². The van der Waals surface area contributed by atoms with Crippen molar-refractivity contribution in [1.82, 2.24) is 4.90 Å². The van der Waals surface area contributed by atoms with Crippen molar-refractivity contribution in [3.63, 3.8) is 0 Å². The molecule has 138 valence electrons. The van der Waals surface area contributed by atoms with Gasteiger partial charge in [0.2, 0.25) is 5.91 Å². The molecule has 0 radical (unpaired) electrons. The third-order valence-corrected chi connectivity index (χ3v) is 4.97. The normalized spacial score (nSPS) is 17.7. The zero-order valence-corrected chi connectivity index (χ0v) is 13.9. The van der Waals surface area contributed by atoms with Crippen molar-refractivity contribution >= 4 is 17.7 Å². The Balaban J connectivity index is 1.86. The van der Waals surface area contributed by atoms with Gasteiger partial charge in [-0.15, -0.1) is 24.9 Å². The first kappa shape index (κ1) is 18.5. The third-order valence-electron chi connectivity index (χ3n) is 3.72. The van der Waals surface area contributed by atoms with Crippen LogP contribution < -0.4 is 4.74 Å². The fourth-order valence-corrected chi connectivity index (χ4v) is 3.80. The Hall–Kier alpha value is -2.29. The number of halogens is 5. The molecule has 2 aromatic rings. The van der Waals surface area contributed by atoms with Crippen LogP contribution in [-0.2, 0) is 11.3 Å². The molecule has 1 aliphatic rings. The number of thioether (sulfide) groups is 1. The van der Waals surface area contributed by atoms with E-state index < -0.39 is 29.1 Å². The van der Waals surface area contributed by atoms with E-state index in [-0.39, 0.29) is 23.8 Å². The lowest BCUT2D eigenvalue weighted by atomic mass is 10.1. The highest BCUT2D eigenvalue weighted by Crippen LogP contribution is 2.41. The summed E-state index contributed by atoms with van der Waals surface area (Å²) < 4.78 is 68.3. The number of alkyl halides is 3. The highest BCUT2D eigenvalue weighted by molar-refractivity contribution is 8.00. The van der Waals surface area contributed by atoms with Gasteiger partial charge in [0.1, 0.15) is 11.1 Å². The predicted octanol–water partition coefficient (Wildman–Crippen LogP) is 4.64. The van der Waals surface area contributed by atoms with Crippen LogP contribution in [0.5, 0.6) is 5.75 Å². The van der Waals surface area contributed by atoms with Crippen LogP contribution in [0.4, 0.5) is 22.0 Å². The smallest absolute Gasteiger partial charge is 0.406 e. The third kappa shape index (κ3) is 4.09. The van der Waals surface area contributed by atoms with Crippen molar-refractivity contribution < 1.29 is 31.5 Å². The van der Waals surface area contributed by atoms with Gasteiger partial charge in [-0.2, -0.15) is 0 Å². The average molecular weight is 389 g/mol. The molecule has 1 unspecified atom stereocenters. The largest absolute Gasteiger partial charge is 0.573 e. The van der Waals surface area contributed by atoms with Crippen LogP contribution >= 0.6 is 11.8 Å². The quantitative estimate of drug-likeness (QED) is 0.714. The zero-order valence-electron chi connectivity index (χ0n) is 13.1. The number of nitrogens with zero attached hydrogens (tertiary/aromatic N) is 1. The molecule has 2 aromatic carbocycles. The molecule has 0 N–H and O–H groups in total. The summed E-state index contributed by atoms with van der Waals surface area (Å²) in [5.74, 6) is -2.71. The Kier molecular flexibility index (Phi) is 5.08. The summed E-state index contributed by atoms with van der Waals surface area (Å²) in [7, 11) is 0. The van der Waals surface area contributed by atoms with Gasteiger partial charge in [0.15, 0.2) is 11.6 Å².